The van der Waals surface area contributed by atoms with E-state index in [1.165, 1.54) is 6.42 Å². The van der Waals surface area contributed by atoms with Gasteiger partial charge in [0.25, 0.3) is 0 Å². The molecule has 0 atom stereocenters. The Morgan fingerprint density at radius 2 is 1.80 bits per heavy atom. The second-order valence-electron chi connectivity index (χ2n) is 4.40. The van der Waals surface area contributed by atoms with Crippen LogP contribution in [0.3, 0.4) is 0 Å². The predicted molar refractivity (Wildman–Crippen MR) is 65.7 cm³/mol. The van der Waals surface area contributed by atoms with Crippen LogP contribution in [0, 0.1) is 0 Å². The van der Waals surface area contributed by atoms with E-state index in [0.29, 0.717) is 6.61 Å². The van der Waals surface area contributed by atoms with E-state index in [4.69, 9.17) is 14.3 Å². The van der Waals surface area contributed by atoms with E-state index in [0.717, 1.165) is 32.1 Å². The molecule has 0 heterocycles. The second kappa shape index (κ2) is 9.33. The van der Waals surface area contributed by atoms with Crippen molar-refractivity contribution in [3.63, 3.8) is 0 Å². The number of ether oxygens (including phenoxy) is 1. The maximum absolute atomic E-state index is 8.53. The van der Waals surface area contributed by atoms with Gasteiger partial charge in [0.1, 0.15) is 0 Å². The van der Waals surface area contributed by atoms with Crippen molar-refractivity contribution < 1.29 is 14.3 Å². The van der Waals surface area contributed by atoms with Crippen molar-refractivity contribution in [2.45, 2.75) is 45.3 Å². The normalized spacial score (nSPS) is 12.0. The summed E-state index contributed by atoms with van der Waals surface area (Å²) in [4.78, 5) is 0. The summed E-state index contributed by atoms with van der Waals surface area (Å²) in [6, 6.07) is 1.14. The van der Waals surface area contributed by atoms with Gasteiger partial charge in [-0.1, -0.05) is 13.3 Å². The summed E-state index contributed by atoms with van der Waals surface area (Å²) in [7, 11) is -1.44. The number of hydrogen-bond donors (Lipinski definition) is 1. The number of hydrogen-bond acceptors (Lipinski definition) is 3. The Morgan fingerprint density at radius 1 is 1.07 bits per heavy atom. The molecule has 0 aromatic heterocycles. The lowest BCUT2D eigenvalue weighted by Gasteiger charge is -2.22. The Balaban J connectivity index is 3.38. The van der Waals surface area contributed by atoms with Crippen molar-refractivity contribution >= 4 is 8.32 Å². The van der Waals surface area contributed by atoms with E-state index in [9.17, 15) is 0 Å². The zero-order valence-electron chi connectivity index (χ0n) is 10.4. The minimum absolute atomic E-state index is 0.119. The van der Waals surface area contributed by atoms with E-state index in [1.807, 2.05) is 0 Å². The third-order valence-electron chi connectivity index (χ3n) is 2.29. The van der Waals surface area contributed by atoms with Crippen molar-refractivity contribution in [2.75, 3.05) is 26.4 Å². The molecule has 0 radical (unpaired) electrons. The average Bonchev–Trinajstić information content (AvgIpc) is 2.17. The highest BCUT2D eigenvalue weighted by Gasteiger charge is 2.21. The highest BCUT2D eigenvalue weighted by Crippen LogP contribution is 2.14. The lowest BCUT2D eigenvalue weighted by atomic mass is 10.4. The van der Waals surface area contributed by atoms with Gasteiger partial charge in [-0.15, -0.1) is 0 Å². The van der Waals surface area contributed by atoms with Gasteiger partial charge in [-0.3, -0.25) is 0 Å². The average molecular weight is 234 g/mol. The molecule has 1 N–H and O–H groups in total. The molecule has 0 spiro atoms. The molecule has 4 heteroatoms. The first kappa shape index (κ1) is 15.1. The third kappa shape index (κ3) is 10.4. The maximum atomic E-state index is 8.53. The highest BCUT2D eigenvalue weighted by atomic mass is 28.4. The molecular formula is C11H26O3Si. The van der Waals surface area contributed by atoms with Crippen molar-refractivity contribution in [1.29, 1.82) is 0 Å². The van der Waals surface area contributed by atoms with E-state index >= 15 is 0 Å². The van der Waals surface area contributed by atoms with E-state index in [-0.39, 0.29) is 6.61 Å². The van der Waals surface area contributed by atoms with Gasteiger partial charge in [-0.25, -0.2) is 0 Å². The molecule has 0 aliphatic carbocycles. The number of aliphatic hydroxyl groups excluding tert-OH is 1. The molecule has 0 bridgehead atoms. The second-order valence-corrected chi connectivity index (χ2v) is 8.71. The van der Waals surface area contributed by atoms with Gasteiger partial charge in [0.2, 0.25) is 0 Å². The topological polar surface area (TPSA) is 38.7 Å². The lowest BCUT2D eigenvalue weighted by molar-refractivity contribution is 0.0921. The minimum atomic E-state index is -1.44. The van der Waals surface area contributed by atoms with Crippen LogP contribution in [-0.4, -0.2) is 39.9 Å². The summed E-state index contributed by atoms with van der Waals surface area (Å²) >= 11 is 0. The fourth-order valence-electron chi connectivity index (χ4n) is 1.33. The van der Waals surface area contributed by atoms with Gasteiger partial charge in [0.05, 0.1) is 13.2 Å². The molecule has 0 aliphatic rings. The minimum Gasteiger partial charge on any atom is -0.417 e. The Bertz CT molecular complexity index is 140. The van der Waals surface area contributed by atoms with Crippen LogP contribution in [0.25, 0.3) is 0 Å². The first-order chi connectivity index (χ1) is 7.12. The number of aliphatic hydroxyl groups is 1. The number of unbranched alkanes of at least 4 members (excludes halogenated alkanes) is 1. The van der Waals surface area contributed by atoms with Crippen LogP contribution < -0.4 is 0 Å². The van der Waals surface area contributed by atoms with Gasteiger partial charge in [0.15, 0.2) is 8.32 Å². The molecule has 0 fully saturated rings. The lowest BCUT2D eigenvalue weighted by Crippen LogP contribution is -2.31. The summed E-state index contributed by atoms with van der Waals surface area (Å²) < 4.78 is 11.1. The Kier molecular flexibility index (Phi) is 9.39. The van der Waals surface area contributed by atoms with Crippen molar-refractivity contribution in [3.8, 4) is 0 Å². The van der Waals surface area contributed by atoms with Crippen LogP contribution in [0.15, 0.2) is 0 Å². The SMILES string of the molecule is CCCCO[Si](C)(C)CCCOCCO. The monoisotopic (exact) mass is 234 g/mol. The van der Waals surface area contributed by atoms with Gasteiger partial charge in [-0.05, 0) is 32.0 Å². The Labute approximate surface area is 94.9 Å². The summed E-state index contributed by atoms with van der Waals surface area (Å²) in [5, 5.41) is 8.53. The summed E-state index contributed by atoms with van der Waals surface area (Å²) in [5.41, 5.74) is 0. The molecule has 0 saturated carbocycles. The van der Waals surface area contributed by atoms with Gasteiger partial charge >= 0.3 is 0 Å². The van der Waals surface area contributed by atoms with Crippen molar-refractivity contribution in [1.82, 2.24) is 0 Å². The van der Waals surface area contributed by atoms with Gasteiger partial charge < -0.3 is 14.3 Å². The van der Waals surface area contributed by atoms with Crippen LogP contribution in [0.2, 0.25) is 19.1 Å². The van der Waals surface area contributed by atoms with Crippen LogP contribution in [0.5, 0.6) is 0 Å². The first-order valence-corrected chi connectivity index (χ1v) is 9.06. The molecule has 0 aliphatic heterocycles. The highest BCUT2D eigenvalue weighted by molar-refractivity contribution is 6.71. The zero-order chi connectivity index (χ0) is 11.6. The van der Waals surface area contributed by atoms with E-state index in [2.05, 4.69) is 20.0 Å². The number of rotatable bonds is 10. The predicted octanol–water partition coefficient (Wildman–Crippen LogP) is 2.41. The molecule has 15 heavy (non-hydrogen) atoms. The van der Waals surface area contributed by atoms with Crippen molar-refractivity contribution in [3.05, 3.63) is 0 Å². The molecule has 0 saturated heterocycles. The molecule has 0 rings (SSSR count). The molecule has 3 nitrogen and oxygen atoms in total. The summed E-state index contributed by atoms with van der Waals surface area (Å²) in [6.45, 7) is 8.93. The molecule has 0 aromatic carbocycles. The van der Waals surface area contributed by atoms with Crippen LogP contribution in [-0.2, 0) is 9.16 Å². The molecule has 92 valence electrons. The Morgan fingerprint density at radius 3 is 2.40 bits per heavy atom. The van der Waals surface area contributed by atoms with Crippen LogP contribution in [0.1, 0.15) is 26.2 Å². The smallest absolute Gasteiger partial charge is 0.186 e. The first-order valence-electron chi connectivity index (χ1n) is 5.95. The third-order valence-corrected chi connectivity index (χ3v) is 4.84. The molecule has 0 amide bonds. The van der Waals surface area contributed by atoms with Crippen molar-refractivity contribution in [2.24, 2.45) is 0 Å². The fraction of sp³-hybridized carbons (Fsp3) is 1.00. The van der Waals surface area contributed by atoms with Crippen LogP contribution in [0.4, 0.5) is 0 Å². The summed E-state index contributed by atoms with van der Waals surface area (Å²) in [5.74, 6) is 0. The molecule has 0 unspecified atom stereocenters. The van der Waals surface area contributed by atoms with E-state index in [1.54, 1.807) is 0 Å². The largest absolute Gasteiger partial charge is 0.417 e. The molecule has 0 aromatic rings. The van der Waals surface area contributed by atoms with Gasteiger partial charge in [0, 0.05) is 13.2 Å². The maximum Gasteiger partial charge on any atom is 0.186 e. The fourth-order valence-corrected chi connectivity index (χ4v) is 3.17. The quantitative estimate of drug-likeness (QED) is 0.466. The van der Waals surface area contributed by atoms with Gasteiger partial charge in [-0.2, -0.15) is 0 Å². The Hall–Kier alpha value is 0.0969. The summed E-state index contributed by atoms with van der Waals surface area (Å²) in [6.07, 6.45) is 3.41. The van der Waals surface area contributed by atoms with Crippen LogP contribution >= 0.6 is 0 Å². The molecular weight excluding hydrogens is 208 g/mol. The standard InChI is InChI=1S/C11H26O3Si/c1-4-5-9-14-15(2,3)11-6-8-13-10-7-12/h12H,4-11H2,1-3H3. The van der Waals surface area contributed by atoms with E-state index < -0.39 is 8.32 Å². The zero-order valence-corrected chi connectivity index (χ0v) is 11.4.